The molecule has 0 radical (unpaired) electrons. The van der Waals surface area contributed by atoms with Gasteiger partial charge in [0.05, 0.1) is 7.11 Å². The molecule has 1 rings (SSSR count). The van der Waals surface area contributed by atoms with Crippen LogP contribution < -0.4 is 15.4 Å². The first kappa shape index (κ1) is 17.0. The van der Waals surface area contributed by atoms with Gasteiger partial charge in [0.15, 0.2) is 0 Å². The molecule has 2 N–H and O–H groups in total. The topological polar surface area (TPSA) is 76.7 Å². The number of hydrogen-bond donors (Lipinski definition) is 2. The van der Waals surface area contributed by atoms with Gasteiger partial charge in [-0.15, -0.1) is 0 Å². The lowest BCUT2D eigenvalue weighted by molar-refractivity contribution is -0.139. The van der Waals surface area contributed by atoms with Crippen molar-refractivity contribution < 1.29 is 19.1 Å². The number of carbonyl (C=O) groups excluding carboxylic acids is 2. The van der Waals surface area contributed by atoms with E-state index in [2.05, 4.69) is 10.6 Å². The highest BCUT2D eigenvalue weighted by Gasteiger charge is 2.11. The first-order chi connectivity index (χ1) is 10.2. The molecule has 0 saturated carbocycles. The van der Waals surface area contributed by atoms with E-state index >= 15 is 0 Å². The fourth-order valence-electron chi connectivity index (χ4n) is 1.61. The monoisotopic (exact) mass is 294 g/mol. The summed E-state index contributed by atoms with van der Waals surface area (Å²) >= 11 is 0. The summed E-state index contributed by atoms with van der Waals surface area (Å²) in [5.41, 5.74) is 0.897. The van der Waals surface area contributed by atoms with Crippen LogP contribution in [0.15, 0.2) is 24.3 Å². The smallest absolute Gasteiger partial charge is 0.309 e. The standard InChI is InChI=1S/C15H22N2O4/c1-3-21-10-4-9-16-14(18)15(19)17-11-12-5-7-13(20-2)8-6-12/h5-8H,3-4,9-11H2,1-2H3,(H,16,18)(H,17,19). The van der Waals surface area contributed by atoms with E-state index in [4.69, 9.17) is 9.47 Å². The number of benzene rings is 1. The molecule has 21 heavy (non-hydrogen) atoms. The summed E-state index contributed by atoms with van der Waals surface area (Å²) < 4.78 is 10.2. The van der Waals surface area contributed by atoms with E-state index in [1.54, 1.807) is 19.2 Å². The first-order valence-electron chi connectivity index (χ1n) is 6.94. The van der Waals surface area contributed by atoms with E-state index in [1.807, 2.05) is 19.1 Å². The Labute approximate surface area is 124 Å². The molecule has 0 unspecified atom stereocenters. The van der Waals surface area contributed by atoms with Crippen LogP contribution in [0.4, 0.5) is 0 Å². The third kappa shape index (κ3) is 6.76. The molecule has 6 heteroatoms. The van der Waals surface area contributed by atoms with E-state index in [0.717, 1.165) is 11.3 Å². The van der Waals surface area contributed by atoms with Gasteiger partial charge in [-0.2, -0.15) is 0 Å². The van der Waals surface area contributed by atoms with Gasteiger partial charge in [-0.05, 0) is 31.0 Å². The number of hydrogen-bond acceptors (Lipinski definition) is 4. The maximum Gasteiger partial charge on any atom is 0.309 e. The van der Waals surface area contributed by atoms with Gasteiger partial charge in [0.1, 0.15) is 5.75 Å². The fourth-order valence-corrected chi connectivity index (χ4v) is 1.61. The number of nitrogens with one attached hydrogen (secondary N) is 2. The van der Waals surface area contributed by atoms with Crippen LogP contribution in [0.25, 0.3) is 0 Å². The second-order valence-electron chi connectivity index (χ2n) is 4.34. The van der Waals surface area contributed by atoms with Gasteiger partial charge < -0.3 is 20.1 Å². The van der Waals surface area contributed by atoms with Crippen LogP contribution >= 0.6 is 0 Å². The largest absolute Gasteiger partial charge is 0.497 e. The Morgan fingerprint density at radius 2 is 1.76 bits per heavy atom. The number of methoxy groups -OCH3 is 1. The molecule has 0 aromatic heterocycles. The zero-order valence-electron chi connectivity index (χ0n) is 12.5. The summed E-state index contributed by atoms with van der Waals surface area (Å²) in [5.74, 6) is -0.514. The fraction of sp³-hybridized carbons (Fsp3) is 0.467. The highest BCUT2D eigenvalue weighted by molar-refractivity contribution is 6.35. The van der Waals surface area contributed by atoms with Crippen molar-refractivity contribution in [3.05, 3.63) is 29.8 Å². The molecule has 1 aromatic carbocycles. The predicted octanol–water partition coefficient (Wildman–Crippen LogP) is 0.854. The Kier molecular flexibility index (Phi) is 7.89. The van der Waals surface area contributed by atoms with Gasteiger partial charge in [-0.1, -0.05) is 12.1 Å². The molecule has 0 heterocycles. The zero-order valence-corrected chi connectivity index (χ0v) is 12.5. The predicted molar refractivity (Wildman–Crippen MR) is 79.0 cm³/mol. The van der Waals surface area contributed by atoms with Gasteiger partial charge in [-0.3, -0.25) is 9.59 Å². The van der Waals surface area contributed by atoms with Crippen LogP contribution in [-0.2, 0) is 20.9 Å². The summed E-state index contributed by atoms with van der Waals surface area (Å²) in [7, 11) is 1.59. The summed E-state index contributed by atoms with van der Waals surface area (Å²) in [6, 6.07) is 7.27. The number of ether oxygens (including phenoxy) is 2. The third-order valence-corrected chi connectivity index (χ3v) is 2.77. The van der Waals surface area contributed by atoms with Crippen molar-refractivity contribution in [3.63, 3.8) is 0 Å². The van der Waals surface area contributed by atoms with E-state index < -0.39 is 11.8 Å². The third-order valence-electron chi connectivity index (χ3n) is 2.77. The Morgan fingerprint density at radius 3 is 2.38 bits per heavy atom. The minimum Gasteiger partial charge on any atom is -0.497 e. The summed E-state index contributed by atoms with van der Waals surface area (Å²) in [4.78, 5) is 23.1. The Balaban J connectivity index is 2.24. The van der Waals surface area contributed by atoms with Crippen LogP contribution in [0.1, 0.15) is 18.9 Å². The lowest BCUT2D eigenvalue weighted by Gasteiger charge is -2.07. The number of carbonyl (C=O) groups is 2. The van der Waals surface area contributed by atoms with Crippen molar-refractivity contribution in [1.82, 2.24) is 10.6 Å². The second-order valence-corrected chi connectivity index (χ2v) is 4.34. The Hall–Kier alpha value is -2.08. The van der Waals surface area contributed by atoms with Gasteiger partial charge in [0, 0.05) is 26.3 Å². The van der Waals surface area contributed by atoms with Crippen LogP contribution in [0, 0.1) is 0 Å². The average Bonchev–Trinajstić information content (AvgIpc) is 2.52. The molecular weight excluding hydrogens is 272 g/mol. The highest BCUT2D eigenvalue weighted by atomic mass is 16.5. The molecule has 1 aromatic rings. The first-order valence-corrected chi connectivity index (χ1v) is 6.94. The second kappa shape index (κ2) is 9.77. The summed E-state index contributed by atoms with van der Waals surface area (Å²) in [5, 5.41) is 5.11. The molecular formula is C15H22N2O4. The molecule has 0 aliphatic heterocycles. The van der Waals surface area contributed by atoms with E-state index in [1.165, 1.54) is 0 Å². The molecule has 6 nitrogen and oxygen atoms in total. The minimum absolute atomic E-state index is 0.301. The number of rotatable bonds is 8. The van der Waals surface area contributed by atoms with Crippen LogP contribution in [0.3, 0.4) is 0 Å². The quantitative estimate of drug-likeness (QED) is 0.550. The van der Waals surface area contributed by atoms with Gasteiger partial charge in [0.2, 0.25) is 0 Å². The minimum atomic E-state index is -0.637. The van der Waals surface area contributed by atoms with Gasteiger partial charge >= 0.3 is 11.8 Å². The van der Waals surface area contributed by atoms with E-state index in [0.29, 0.717) is 32.7 Å². The van der Waals surface area contributed by atoms with Gasteiger partial charge in [-0.25, -0.2) is 0 Å². The molecule has 0 aliphatic rings. The molecule has 0 spiro atoms. The Morgan fingerprint density at radius 1 is 1.10 bits per heavy atom. The van der Waals surface area contributed by atoms with E-state index in [9.17, 15) is 9.59 Å². The lowest BCUT2D eigenvalue weighted by Crippen LogP contribution is -2.40. The highest BCUT2D eigenvalue weighted by Crippen LogP contribution is 2.10. The number of amides is 2. The summed E-state index contributed by atoms with van der Waals surface area (Å²) in [6.45, 7) is 3.86. The van der Waals surface area contributed by atoms with Crippen molar-refractivity contribution in [2.45, 2.75) is 19.9 Å². The Bertz CT molecular complexity index is 445. The van der Waals surface area contributed by atoms with Crippen molar-refractivity contribution in [2.75, 3.05) is 26.9 Å². The van der Waals surface area contributed by atoms with Crippen LogP contribution in [0.2, 0.25) is 0 Å². The molecule has 116 valence electrons. The van der Waals surface area contributed by atoms with Crippen molar-refractivity contribution in [2.24, 2.45) is 0 Å². The SMILES string of the molecule is CCOCCCNC(=O)C(=O)NCc1ccc(OC)cc1. The molecule has 0 saturated heterocycles. The van der Waals surface area contributed by atoms with Crippen LogP contribution in [0.5, 0.6) is 5.75 Å². The van der Waals surface area contributed by atoms with Gasteiger partial charge in [0.25, 0.3) is 0 Å². The zero-order chi connectivity index (χ0) is 15.5. The maximum absolute atomic E-state index is 11.6. The van der Waals surface area contributed by atoms with Crippen molar-refractivity contribution >= 4 is 11.8 Å². The normalized spacial score (nSPS) is 10.0. The molecule has 0 aliphatic carbocycles. The molecule has 0 fully saturated rings. The van der Waals surface area contributed by atoms with Crippen molar-refractivity contribution in [3.8, 4) is 5.75 Å². The summed E-state index contributed by atoms with van der Waals surface area (Å²) in [6.07, 6.45) is 0.686. The molecule has 0 bridgehead atoms. The average molecular weight is 294 g/mol. The maximum atomic E-state index is 11.6. The van der Waals surface area contributed by atoms with Crippen LogP contribution in [-0.4, -0.2) is 38.7 Å². The molecule has 0 atom stereocenters. The van der Waals surface area contributed by atoms with Crippen molar-refractivity contribution in [1.29, 1.82) is 0 Å². The van der Waals surface area contributed by atoms with E-state index in [-0.39, 0.29) is 0 Å². The lowest BCUT2D eigenvalue weighted by atomic mass is 10.2. The molecule has 2 amide bonds.